The van der Waals surface area contributed by atoms with Gasteiger partial charge in [-0.2, -0.15) is 0 Å². The highest BCUT2D eigenvalue weighted by Crippen LogP contribution is 2.30. The van der Waals surface area contributed by atoms with Crippen LogP contribution < -0.4 is 10.2 Å². The number of hydrogen-bond acceptors (Lipinski definition) is 3. The summed E-state index contributed by atoms with van der Waals surface area (Å²) in [7, 11) is 2.00. The van der Waals surface area contributed by atoms with Crippen molar-refractivity contribution in [1.82, 2.24) is 10.3 Å². The normalized spacial score (nSPS) is 12.2. The first kappa shape index (κ1) is 16.0. The lowest BCUT2D eigenvalue weighted by molar-refractivity contribution is 0.647. The lowest BCUT2D eigenvalue weighted by atomic mass is 10.0. The summed E-state index contributed by atoms with van der Waals surface area (Å²) < 4.78 is 1.11. The number of aromatic nitrogens is 1. The van der Waals surface area contributed by atoms with E-state index < -0.39 is 0 Å². The second kappa shape index (κ2) is 7.57. The molecule has 1 heterocycles. The van der Waals surface area contributed by atoms with E-state index in [1.165, 1.54) is 16.8 Å². The lowest BCUT2D eigenvalue weighted by Gasteiger charge is -2.28. The SMILES string of the molecule is CCN(Cc1ccncc1)c1cc(Br)ccc1C(C)NC. The fraction of sp³-hybridized carbons (Fsp3) is 0.353. The van der Waals surface area contributed by atoms with E-state index in [1.54, 1.807) is 0 Å². The molecule has 0 saturated carbocycles. The molecular weight excluding hydrogens is 326 g/mol. The Bertz CT molecular complexity index is 572. The van der Waals surface area contributed by atoms with E-state index in [0.29, 0.717) is 6.04 Å². The average molecular weight is 348 g/mol. The molecule has 2 rings (SSSR count). The summed E-state index contributed by atoms with van der Waals surface area (Å²) in [6, 6.07) is 11.0. The van der Waals surface area contributed by atoms with Crippen molar-refractivity contribution in [2.75, 3.05) is 18.5 Å². The standard InChI is InChI=1S/C17H22BrN3/c1-4-21(12-14-7-9-20-10-8-14)17-11-15(18)5-6-16(17)13(2)19-3/h5-11,13,19H,4,12H2,1-3H3. The predicted molar refractivity (Wildman–Crippen MR) is 92.6 cm³/mol. The molecule has 4 heteroatoms. The van der Waals surface area contributed by atoms with Crippen LogP contribution in [-0.2, 0) is 6.54 Å². The molecule has 3 nitrogen and oxygen atoms in total. The average Bonchev–Trinajstić information content (AvgIpc) is 2.52. The minimum atomic E-state index is 0.319. The Hall–Kier alpha value is -1.39. The zero-order valence-electron chi connectivity index (χ0n) is 12.8. The highest BCUT2D eigenvalue weighted by molar-refractivity contribution is 9.10. The molecule has 1 atom stereocenters. The Morgan fingerprint density at radius 3 is 2.57 bits per heavy atom. The van der Waals surface area contributed by atoms with Crippen LogP contribution in [0.2, 0.25) is 0 Å². The molecule has 1 aromatic heterocycles. The van der Waals surface area contributed by atoms with Crippen LogP contribution in [0.15, 0.2) is 47.2 Å². The summed E-state index contributed by atoms with van der Waals surface area (Å²) in [5.41, 5.74) is 3.86. The molecule has 0 saturated heterocycles. The maximum Gasteiger partial charge on any atom is 0.0430 e. The molecule has 2 aromatic rings. The second-order valence-corrected chi connectivity index (χ2v) is 6.00. The van der Waals surface area contributed by atoms with Gasteiger partial charge in [-0.3, -0.25) is 4.98 Å². The molecule has 0 radical (unpaired) electrons. The topological polar surface area (TPSA) is 28.2 Å². The summed E-state index contributed by atoms with van der Waals surface area (Å²) in [6.07, 6.45) is 3.70. The molecule has 112 valence electrons. The zero-order chi connectivity index (χ0) is 15.2. The van der Waals surface area contributed by atoms with Crippen molar-refractivity contribution < 1.29 is 0 Å². The van der Waals surface area contributed by atoms with Crippen LogP contribution in [0, 0.1) is 0 Å². The maximum absolute atomic E-state index is 4.09. The van der Waals surface area contributed by atoms with Crippen LogP contribution in [-0.4, -0.2) is 18.6 Å². The number of hydrogen-bond donors (Lipinski definition) is 1. The van der Waals surface area contributed by atoms with Gasteiger partial charge in [0.05, 0.1) is 0 Å². The number of nitrogens with one attached hydrogen (secondary N) is 1. The van der Waals surface area contributed by atoms with Crippen molar-refractivity contribution >= 4 is 21.6 Å². The second-order valence-electron chi connectivity index (χ2n) is 5.08. The fourth-order valence-electron chi connectivity index (χ4n) is 2.39. The Morgan fingerprint density at radius 2 is 1.95 bits per heavy atom. The lowest BCUT2D eigenvalue weighted by Crippen LogP contribution is -2.25. The van der Waals surface area contributed by atoms with Crippen LogP contribution in [0.1, 0.15) is 31.0 Å². The summed E-state index contributed by atoms with van der Waals surface area (Å²) >= 11 is 3.59. The highest BCUT2D eigenvalue weighted by atomic mass is 79.9. The van der Waals surface area contributed by atoms with Crippen LogP contribution >= 0.6 is 15.9 Å². The largest absolute Gasteiger partial charge is 0.367 e. The first-order valence-electron chi connectivity index (χ1n) is 7.26. The van der Waals surface area contributed by atoms with Crippen LogP contribution in [0.25, 0.3) is 0 Å². The highest BCUT2D eigenvalue weighted by Gasteiger charge is 2.14. The van der Waals surface area contributed by atoms with E-state index in [9.17, 15) is 0 Å². The third-order valence-corrected chi connectivity index (χ3v) is 4.23. The van der Waals surface area contributed by atoms with E-state index in [0.717, 1.165) is 17.6 Å². The van der Waals surface area contributed by atoms with E-state index in [-0.39, 0.29) is 0 Å². The van der Waals surface area contributed by atoms with Crippen molar-refractivity contribution in [3.63, 3.8) is 0 Å². The molecule has 0 spiro atoms. The van der Waals surface area contributed by atoms with Crippen molar-refractivity contribution in [3.05, 3.63) is 58.3 Å². The van der Waals surface area contributed by atoms with Crippen LogP contribution in [0.3, 0.4) is 0 Å². The third kappa shape index (κ3) is 4.05. The molecule has 1 aromatic carbocycles. The van der Waals surface area contributed by atoms with Gasteiger partial charge in [0.15, 0.2) is 0 Å². The van der Waals surface area contributed by atoms with Gasteiger partial charge in [-0.15, -0.1) is 0 Å². The Balaban J connectivity index is 2.34. The van der Waals surface area contributed by atoms with Crippen LogP contribution in [0.5, 0.6) is 0 Å². The number of nitrogens with zero attached hydrogens (tertiary/aromatic N) is 2. The molecular formula is C17H22BrN3. The molecule has 0 amide bonds. The van der Waals surface area contributed by atoms with E-state index in [1.807, 2.05) is 19.4 Å². The summed E-state index contributed by atoms with van der Waals surface area (Å²) in [5.74, 6) is 0. The van der Waals surface area contributed by atoms with Crippen molar-refractivity contribution in [3.8, 4) is 0 Å². The number of benzene rings is 1. The van der Waals surface area contributed by atoms with Crippen molar-refractivity contribution in [2.24, 2.45) is 0 Å². The monoisotopic (exact) mass is 347 g/mol. The molecule has 0 aliphatic carbocycles. The fourth-order valence-corrected chi connectivity index (χ4v) is 2.74. The number of rotatable bonds is 6. The number of halogens is 1. The van der Waals surface area contributed by atoms with Gasteiger partial charge in [0.1, 0.15) is 0 Å². The Kier molecular flexibility index (Phi) is 5.76. The quantitative estimate of drug-likeness (QED) is 0.850. The number of pyridine rings is 1. The van der Waals surface area contributed by atoms with Gasteiger partial charge >= 0.3 is 0 Å². The van der Waals surface area contributed by atoms with Gasteiger partial charge in [0.25, 0.3) is 0 Å². The minimum Gasteiger partial charge on any atom is -0.367 e. The Morgan fingerprint density at radius 1 is 1.24 bits per heavy atom. The van der Waals surface area contributed by atoms with E-state index in [4.69, 9.17) is 0 Å². The smallest absolute Gasteiger partial charge is 0.0430 e. The van der Waals surface area contributed by atoms with Crippen molar-refractivity contribution in [2.45, 2.75) is 26.4 Å². The van der Waals surface area contributed by atoms with Gasteiger partial charge in [0.2, 0.25) is 0 Å². The molecule has 1 unspecified atom stereocenters. The van der Waals surface area contributed by atoms with Gasteiger partial charge in [-0.1, -0.05) is 22.0 Å². The van der Waals surface area contributed by atoms with Gasteiger partial charge in [0, 0.05) is 41.7 Å². The van der Waals surface area contributed by atoms with Crippen molar-refractivity contribution in [1.29, 1.82) is 0 Å². The van der Waals surface area contributed by atoms with E-state index >= 15 is 0 Å². The van der Waals surface area contributed by atoms with Crippen LogP contribution in [0.4, 0.5) is 5.69 Å². The molecule has 1 N–H and O–H groups in total. The number of anilines is 1. The first-order chi connectivity index (χ1) is 10.2. The summed E-state index contributed by atoms with van der Waals surface area (Å²) in [6.45, 7) is 6.23. The van der Waals surface area contributed by atoms with Gasteiger partial charge < -0.3 is 10.2 Å². The molecule has 0 bridgehead atoms. The molecule has 21 heavy (non-hydrogen) atoms. The minimum absolute atomic E-state index is 0.319. The van der Waals surface area contributed by atoms with Gasteiger partial charge in [-0.25, -0.2) is 0 Å². The first-order valence-corrected chi connectivity index (χ1v) is 8.05. The summed E-state index contributed by atoms with van der Waals surface area (Å²) in [4.78, 5) is 6.48. The third-order valence-electron chi connectivity index (χ3n) is 3.74. The molecule has 0 aliphatic heterocycles. The summed E-state index contributed by atoms with van der Waals surface area (Å²) in [5, 5.41) is 3.33. The molecule has 0 fully saturated rings. The predicted octanol–water partition coefficient (Wildman–Crippen LogP) is 4.15. The van der Waals surface area contributed by atoms with Gasteiger partial charge in [-0.05, 0) is 56.3 Å². The molecule has 0 aliphatic rings. The van der Waals surface area contributed by atoms with E-state index in [2.05, 4.69) is 75.3 Å². The Labute approximate surface area is 135 Å². The zero-order valence-corrected chi connectivity index (χ0v) is 14.4. The maximum atomic E-state index is 4.09.